The smallest absolute Gasteiger partial charge is 0.409 e. The highest BCUT2D eigenvalue weighted by atomic mass is 16.5. The third-order valence-corrected chi connectivity index (χ3v) is 2.90. The second-order valence-corrected chi connectivity index (χ2v) is 4.62. The minimum absolute atomic E-state index is 0.579. The van der Waals surface area contributed by atoms with Gasteiger partial charge in [0.25, 0.3) is 0 Å². The van der Waals surface area contributed by atoms with Crippen LogP contribution in [0, 0.1) is 0 Å². The van der Waals surface area contributed by atoms with Gasteiger partial charge >= 0.3 is 6.09 Å². The van der Waals surface area contributed by atoms with E-state index in [1.54, 1.807) is 12.2 Å². The number of hydrogen-bond acceptors (Lipinski definition) is 2. The van der Waals surface area contributed by atoms with Crippen LogP contribution in [-0.4, -0.2) is 6.09 Å². The maximum absolute atomic E-state index is 10.3. The van der Waals surface area contributed by atoms with E-state index in [2.05, 4.69) is 35.1 Å². The monoisotopic (exact) mass is 273 g/mol. The molecule has 0 radical (unpaired) electrons. The average molecular weight is 273 g/mol. The first-order valence-electron chi connectivity index (χ1n) is 7.01. The Kier molecular flexibility index (Phi) is 7.18. The minimum atomic E-state index is -0.761. The van der Waals surface area contributed by atoms with Crippen LogP contribution in [0.2, 0.25) is 0 Å². The molecule has 108 valence electrons. The average Bonchev–Trinajstić information content (AvgIpc) is 3.29. The quantitative estimate of drug-likeness (QED) is 0.648. The van der Waals surface area contributed by atoms with Crippen LogP contribution >= 0.6 is 0 Å². The summed E-state index contributed by atoms with van der Waals surface area (Å²) in [6.07, 6.45) is 8.07. The van der Waals surface area contributed by atoms with Crippen molar-refractivity contribution in [3.63, 3.8) is 0 Å². The fourth-order valence-electron chi connectivity index (χ4n) is 1.70. The van der Waals surface area contributed by atoms with Crippen molar-refractivity contribution in [3.8, 4) is 0 Å². The summed E-state index contributed by atoms with van der Waals surface area (Å²) in [7, 11) is 0. The first-order valence-corrected chi connectivity index (χ1v) is 7.01. The van der Waals surface area contributed by atoms with E-state index in [9.17, 15) is 4.79 Å². The lowest BCUT2D eigenvalue weighted by atomic mass is 10.1. The van der Waals surface area contributed by atoms with Gasteiger partial charge in [0, 0.05) is 6.42 Å². The first-order chi connectivity index (χ1) is 9.67. The molecule has 1 aliphatic carbocycles. The normalized spacial score (nSPS) is 14.6. The van der Waals surface area contributed by atoms with E-state index in [0.717, 1.165) is 5.92 Å². The fraction of sp³-hybridized carbons (Fsp3) is 0.353. The van der Waals surface area contributed by atoms with Crippen molar-refractivity contribution in [2.75, 3.05) is 0 Å². The SMILES string of the molecule is C/C=C\C=C(/CC)OC(N)=O.c1ccc(C2CC2)cc1. The number of nitrogens with two attached hydrogens (primary N) is 1. The lowest BCUT2D eigenvalue weighted by Crippen LogP contribution is -2.12. The van der Waals surface area contributed by atoms with Gasteiger partial charge in [-0.3, -0.25) is 0 Å². The van der Waals surface area contributed by atoms with Crippen molar-refractivity contribution in [3.05, 3.63) is 59.9 Å². The van der Waals surface area contributed by atoms with Crippen molar-refractivity contribution < 1.29 is 9.53 Å². The van der Waals surface area contributed by atoms with Crippen molar-refractivity contribution in [2.24, 2.45) is 5.73 Å². The predicted molar refractivity (Wildman–Crippen MR) is 82.3 cm³/mol. The highest BCUT2D eigenvalue weighted by Gasteiger charge is 2.22. The van der Waals surface area contributed by atoms with Crippen molar-refractivity contribution in [1.29, 1.82) is 0 Å². The largest absolute Gasteiger partial charge is 0.415 e. The topological polar surface area (TPSA) is 52.3 Å². The molecule has 1 amide bonds. The van der Waals surface area contributed by atoms with E-state index in [1.165, 1.54) is 18.4 Å². The maximum atomic E-state index is 10.3. The number of benzene rings is 1. The minimum Gasteiger partial charge on any atom is -0.415 e. The van der Waals surface area contributed by atoms with E-state index in [-0.39, 0.29) is 0 Å². The molecular weight excluding hydrogens is 250 g/mol. The molecule has 1 fully saturated rings. The summed E-state index contributed by atoms with van der Waals surface area (Å²) in [4.78, 5) is 10.3. The number of amides is 1. The van der Waals surface area contributed by atoms with Gasteiger partial charge in [0.05, 0.1) is 0 Å². The van der Waals surface area contributed by atoms with E-state index in [4.69, 9.17) is 5.73 Å². The zero-order valence-corrected chi connectivity index (χ0v) is 12.2. The number of carbonyl (C=O) groups is 1. The molecule has 0 atom stereocenters. The first kappa shape index (κ1) is 16.0. The Morgan fingerprint density at radius 2 is 2.00 bits per heavy atom. The van der Waals surface area contributed by atoms with Crippen LogP contribution in [-0.2, 0) is 4.74 Å². The molecule has 3 heteroatoms. The van der Waals surface area contributed by atoms with Gasteiger partial charge in [0.1, 0.15) is 5.76 Å². The molecule has 3 nitrogen and oxygen atoms in total. The Bertz CT molecular complexity index is 459. The van der Waals surface area contributed by atoms with Gasteiger partial charge in [-0.25, -0.2) is 4.79 Å². The summed E-state index contributed by atoms with van der Waals surface area (Å²) in [5.74, 6) is 1.49. The van der Waals surface area contributed by atoms with Gasteiger partial charge in [0.15, 0.2) is 0 Å². The fourth-order valence-corrected chi connectivity index (χ4v) is 1.70. The maximum Gasteiger partial charge on any atom is 0.409 e. The molecule has 0 aliphatic heterocycles. The molecule has 1 aromatic rings. The zero-order chi connectivity index (χ0) is 14.8. The molecule has 0 bridgehead atoms. The number of primary amides is 1. The number of ether oxygens (including phenoxy) is 1. The Balaban J connectivity index is 0.000000202. The van der Waals surface area contributed by atoms with E-state index >= 15 is 0 Å². The molecular formula is C17H23NO2. The Labute approximate surface area is 121 Å². The van der Waals surface area contributed by atoms with Gasteiger partial charge in [-0.05, 0) is 37.3 Å². The highest BCUT2D eigenvalue weighted by molar-refractivity contribution is 5.66. The van der Waals surface area contributed by atoms with E-state index in [1.807, 2.05) is 19.9 Å². The van der Waals surface area contributed by atoms with E-state index in [0.29, 0.717) is 12.2 Å². The third kappa shape index (κ3) is 6.78. The molecule has 0 heterocycles. The molecule has 2 N–H and O–H groups in total. The van der Waals surface area contributed by atoms with Gasteiger partial charge in [0.2, 0.25) is 0 Å². The van der Waals surface area contributed by atoms with Crippen LogP contribution in [0.4, 0.5) is 4.79 Å². The lowest BCUT2D eigenvalue weighted by molar-refractivity contribution is 0.184. The van der Waals surface area contributed by atoms with Gasteiger partial charge in [-0.2, -0.15) is 0 Å². The number of hydrogen-bond donors (Lipinski definition) is 1. The van der Waals surface area contributed by atoms with Crippen molar-refractivity contribution in [1.82, 2.24) is 0 Å². The van der Waals surface area contributed by atoms with Crippen LogP contribution in [0.3, 0.4) is 0 Å². The lowest BCUT2D eigenvalue weighted by Gasteiger charge is -2.00. The van der Waals surface area contributed by atoms with E-state index < -0.39 is 6.09 Å². The molecule has 0 unspecified atom stereocenters. The summed E-state index contributed by atoms with van der Waals surface area (Å²) >= 11 is 0. The standard InChI is InChI=1S/C9H10.C8H13NO2/c1-2-4-8(5-3-1)9-6-7-9;1-3-5-6-7(4-2)11-8(9)10/h1-5,9H,6-7H2;3,5-6H,4H2,1-2H3,(H2,9,10)/b;5-3-,7-6+. The molecule has 0 aromatic heterocycles. The number of carbonyl (C=O) groups excluding carboxylic acids is 1. The summed E-state index contributed by atoms with van der Waals surface area (Å²) in [5.41, 5.74) is 6.34. The van der Waals surface area contributed by atoms with Crippen LogP contribution in [0.15, 0.2) is 54.3 Å². The van der Waals surface area contributed by atoms with Crippen LogP contribution < -0.4 is 5.73 Å². The second kappa shape index (κ2) is 8.97. The van der Waals surface area contributed by atoms with Gasteiger partial charge in [-0.1, -0.05) is 49.4 Å². The van der Waals surface area contributed by atoms with Gasteiger partial charge in [-0.15, -0.1) is 0 Å². The zero-order valence-electron chi connectivity index (χ0n) is 12.2. The predicted octanol–water partition coefficient (Wildman–Crippen LogP) is 4.52. The molecule has 1 saturated carbocycles. The molecule has 0 spiro atoms. The Morgan fingerprint density at radius 3 is 2.45 bits per heavy atom. The van der Waals surface area contributed by atoms with Crippen LogP contribution in [0.1, 0.15) is 44.6 Å². The summed E-state index contributed by atoms with van der Waals surface area (Å²) in [5, 5.41) is 0. The molecule has 0 saturated heterocycles. The summed E-state index contributed by atoms with van der Waals surface area (Å²) in [6.45, 7) is 3.77. The molecule has 1 aliphatic rings. The summed E-state index contributed by atoms with van der Waals surface area (Å²) in [6, 6.07) is 10.8. The Morgan fingerprint density at radius 1 is 1.35 bits per heavy atom. The second-order valence-electron chi connectivity index (χ2n) is 4.62. The molecule has 20 heavy (non-hydrogen) atoms. The highest BCUT2D eigenvalue weighted by Crippen LogP contribution is 2.39. The Hall–Kier alpha value is -2.03. The van der Waals surface area contributed by atoms with Gasteiger partial charge < -0.3 is 10.5 Å². The number of allylic oxidation sites excluding steroid dienone is 4. The molecule has 1 aromatic carbocycles. The summed E-state index contributed by atoms with van der Waals surface area (Å²) < 4.78 is 4.65. The van der Waals surface area contributed by atoms with Crippen molar-refractivity contribution in [2.45, 2.75) is 39.0 Å². The molecule has 2 rings (SSSR count). The third-order valence-electron chi connectivity index (χ3n) is 2.90. The van der Waals surface area contributed by atoms with Crippen molar-refractivity contribution >= 4 is 6.09 Å². The van der Waals surface area contributed by atoms with Crippen LogP contribution in [0.25, 0.3) is 0 Å². The van der Waals surface area contributed by atoms with Crippen LogP contribution in [0.5, 0.6) is 0 Å². The number of rotatable bonds is 4.